The third-order valence-electron chi connectivity index (χ3n) is 3.65. The van der Waals surface area contributed by atoms with Crippen molar-refractivity contribution in [3.63, 3.8) is 0 Å². The molecule has 1 unspecified atom stereocenters. The summed E-state index contributed by atoms with van der Waals surface area (Å²) in [5.74, 6) is -1.07. The van der Waals surface area contributed by atoms with Crippen molar-refractivity contribution in [2.75, 3.05) is 13.1 Å². The van der Waals surface area contributed by atoms with Crippen molar-refractivity contribution in [2.45, 2.75) is 58.0 Å². The fourth-order valence-corrected chi connectivity index (χ4v) is 2.32. The van der Waals surface area contributed by atoms with Crippen LogP contribution < -0.4 is 5.32 Å². The zero-order valence-electron chi connectivity index (χ0n) is 11.3. The molecule has 0 saturated heterocycles. The van der Waals surface area contributed by atoms with Crippen LogP contribution in [0.2, 0.25) is 0 Å². The molecule has 0 radical (unpaired) electrons. The van der Waals surface area contributed by atoms with Crippen molar-refractivity contribution in [3.05, 3.63) is 0 Å². The lowest BCUT2D eigenvalue weighted by atomic mass is 10.2. The van der Waals surface area contributed by atoms with Crippen LogP contribution in [0.15, 0.2) is 0 Å². The van der Waals surface area contributed by atoms with E-state index < -0.39 is 5.97 Å². The van der Waals surface area contributed by atoms with Gasteiger partial charge in [0.25, 0.3) is 0 Å². The van der Waals surface area contributed by atoms with Crippen molar-refractivity contribution in [2.24, 2.45) is 0 Å². The van der Waals surface area contributed by atoms with E-state index in [-0.39, 0.29) is 25.0 Å². The zero-order valence-corrected chi connectivity index (χ0v) is 11.3. The summed E-state index contributed by atoms with van der Waals surface area (Å²) in [5, 5.41) is 12.1. The van der Waals surface area contributed by atoms with Crippen LogP contribution in [0.4, 0.5) is 0 Å². The highest BCUT2D eigenvalue weighted by Gasteiger charge is 2.22. The number of carbonyl (C=O) groups excluding carboxylic acids is 1. The fourth-order valence-electron chi connectivity index (χ4n) is 2.32. The predicted octanol–water partition coefficient (Wildman–Crippen LogP) is 1.23. The second-order valence-electron chi connectivity index (χ2n) is 5.03. The molecule has 5 nitrogen and oxygen atoms in total. The van der Waals surface area contributed by atoms with Gasteiger partial charge in [-0.25, -0.2) is 0 Å². The second kappa shape index (κ2) is 7.36. The van der Waals surface area contributed by atoms with Gasteiger partial charge in [0.15, 0.2) is 0 Å². The quantitative estimate of drug-likeness (QED) is 0.719. The van der Waals surface area contributed by atoms with E-state index in [9.17, 15) is 9.59 Å². The Kier molecular flexibility index (Phi) is 6.12. The number of nitrogens with one attached hydrogen (secondary N) is 1. The van der Waals surface area contributed by atoms with Crippen LogP contribution in [0.1, 0.15) is 46.0 Å². The summed E-state index contributed by atoms with van der Waals surface area (Å²) in [7, 11) is 0. The summed E-state index contributed by atoms with van der Waals surface area (Å²) < 4.78 is 0. The second-order valence-corrected chi connectivity index (χ2v) is 5.03. The molecule has 0 aromatic rings. The van der Waals surface area contributed by atoms with Crippen LogP contribution in [-0.2, 0) is 9.59 Å². The smallest absolute Gasteiger partial charge is 0.323 e. The highest BCUT2D eigenvalue weighted by Crippen LogP contribution is 2.17. The van der Waals surface area contributed by atoms with E-state index in [0.29, 0.717) is 6.04 Å². The SMILES string of the molecule is CCC(C)N(CC(=O)O)C(=O)CNC1CCCC1. The maximum absolute atomic E-state index is 12.0. The molecule has 1 rings (SSSR count). The molecule has 1 aliphatic rings. The molecule has 104 valence electrons. The van der Waals surface area contributed by atoms with Gasteiger partial charge in [-0.15, -0.1) is 0 Å². The number of carbonyl (C=O) groups is 2. The number of nitrogens with zero attached hydrogens (tertiary/aromatic N) is 1. The van der Waals surface area contributed by atoms with Gasteiger partial charge < -0.3 is 15.3 Å². The average molecular weight is 256 g/mol. The summed E-state index contributed by atoms with van der Waals surface area (Å²) in [6, 6.07) is 0.400. The summed E-state index contributed by atoms with van der Waals surface area (Å²) in [6.45, 7) is 3.88. The van der Waals surface area contributed by atoms with Gasteiger partial charge in [-0.05, 0) is 26.2 Å². The number of hydrogen-bond acceptors (Lipinski definition) is 3. The molecule has 5 heteroatoms. The molecular weight excluding hydrogens is 232 g/mol. The summed E-state index contributed by atoms with van der Waals surface area (Å²) in [4.78, 5) is 24.3. The third kappa shape index (κ3) is 4.64. The summed E-state index contributed by atoms with van der Waals surface area (Å²) in [6.07, 6.45) is 5.44. The van der Waals surface area contributed by atoms with E-state index in [0.717, 1.165) is 19.3 Å². The normalized spacial score (nSPS) is 17.7. The highest BCUT2D eigenvalue weighted by molar-refractivity contribution is 5.83. The maximum atomic E-state index is 12.0. The van der Waals surface area contributed by atoms with Crippen LogP contribution in [0.3, 0.4) is 0 Å². The van der Waals surface area contributed by atoms with Gasteiger partial charge in [0, 0.05) is 12.1 Å². The first-order chi connectivity index (χ1) is 8.54. The van der Waals surface area contributed by atoms with Gasteiger partial charge in [-0.3, -0.25) is 9.59 Å². The minimum Gasteiger partial charge on any atom is -0.480 e. The molecule has 1 amide bonds. The lowest BCUT2D eigenvalue weighted by molar-refractivity contribution is -0.145. The Labute approximate surface area is 109 Å². The summed E-state index contributed by atoms with van der Waals surface area (Å²) in [5.41, 5.74) is 0. The van der Waals surface area contributed by atoms with Crippen LogP contribution in [0.25, 0.3) is 0 Å². The van der Waals surface area contributed by atoms with E-state index in [4.69, 9.17) is 5.11 Å². The van der Waals surface area contributed by atoms with E-state index in [1.807, 2.05) is 13.8 Å². The molecule has 0 aromatic carbocycles. The number of hydrogen-bond donors (Lipinski definition) is 2. The van der Waals surface area contributed by atoms with Crippen LogP contribution in [-0.4, -0.2) is 47.1 Å². The zero-order chi connectivity index (χ0) is 13.5. The van der Waals surface area contributed by atoms with Crippen molar-refractivity contribution < 1.29 is 14.7 Å². The molecular formula is C13H24N2O3. The predicted molar refractivity (Wildman–Crippen MR) is 69.4 cm³/mol. The van der Waals surface area contributed by atoms with E-state index in [2.05, 4.69) is 5.32 Å². The standard InChI is InChI=1S/C13H24N2O3/c1-3-10(2)15(9-13(17)18)12(16)8-14-11-6-4-5-7-11/h10-11,14H,3-9H2,1-2H3,(H,17,18). The lowest BCUT2D eigenvalue weighted by Gasteiger charge is -2.27. The molecule has 0 heterocycles. The van der Waals surface area contributed by atoms with Gasteiger partial charge in [-0.1, -0.05) is 19.8 Å². The van der Waals surface area contributed by atoms with E-state index in [1.54, 1.807) is 0 Å². The number of amides is 1. The molecule has 1 atom stereocenters. The number of aliphatic carboxylic acids is 1. The Morgan fingerprint density at radius 1 is 1.39 bits per heavy atom. The van der Waals surface area contributed by atoms with Gasteiger partial charge in [0.05, 0.1) is 6.54 Å². The molecule has 0 aromatic heterocycles. The Balaban J connectivity index is 2.44. The Morgan fingerprint density at radius 2 is 2.00 bits per heavy atom. The molecule has 1 aliphatic carbocycles. The van der Waals surface area contributed by atoms with E-state index >= 15 is 0 Å². The van der Waals surface area contributed by atoms with Crippen molar-refractivity contribution >= 4 is 11.9 Å². The number of carboxylic acids is 1. The Hall–Kier alpha value is -1.10. The number of carboxylic acid groups (broad SMARTS) is 1. The van der Waals surface area contributed by atoms with Crippen LogP contribution in [0.5, 0.6) is 0 Å². The minimum absolute atomic E-state index is 0.0287. The average Bonchev–Trinajstić information content (AvgIpc) is 2.85. The third-order valence-corrected chi connectivity index (χ3v) is 3.65. The first-order valence-electron chi connectivity index (χ1n) is 6.79. The first kappa shape index (κ1) is 15.0. The molecule has 18 heavy (non-hydrogen) atoms. The first-order valence-corrected chi connectivity index (χ1v) is 6.79. The molecule has 1 saturated carbocycles. The minimum atomic E-state index is -0.954. The summed E-state index contributed by atoms with van der Waals surface area (Å²) >= 11 is 0. The Bertz CT molecular complexity index is 288. The molecule has 2 N–H and O–H groups in total. The monoisotopic (exact) mass is 256 g/mol. The molecule has 1 fully saturated rings. The largest absolute Gasteiger partial charge is 0.480 e. The molecule has 0 bridgehead atoms. The molecule has 0 spiro atoms. The highest BCUT2D eigenvalue weighted by atomic mass is 16.4. The Morgan fingerprint density at radius 3 is 2.50 bits per heavy atom. The van der Waals surface area contributed by atoms with Crippen LogP contribution in [0, 0.1) is 0 Å². The van der Waals surface area contributed by atoms with Gasteiger partial charge in [0.2, 0.25) is 5.91 Å². The van der Waals surface area contributed by atoms with Gasteiger partial charge >= 0.3 is 5.97 Å². The maximum Gasteiger partial charge on any atom is 0.323 e. The fraction of sp³-hybridized carbons (Fsp3) is 0.846. The topological polar surface area (TPSA) is 69.6 Å². The van der Waals surface area contributed by atoms with Crippen molar-refractivity contribution in [3.8, 4) is 0 Å². The van der Waals surface area contributed by atoms with E-state index in [1.165, 1.54) is 17.7 Å². The van der Waals surface area contributed by atoms with Gasteiger partial charge in [0.1, 0.15) is 6.54 Å². The van der Waals surface area contributed by atoms with Gasteiger partial charge in [-0.2, -0.15) is 0 Å². The number of rotatable bonds is 7. The lowest BCUT2D eigenvalue weighted by Crippen LogP contribution is -2.47. The molecule has 0 aliphatic heterocycles. The van der Waals surface area contributed by atoms with Crippen molar-refractivity contribution in [1.82, 2.24) is 10.2 Å². The van der Waals surface area contributed by atoms with Crippen LogP contribution >= 0.6 is 0 Å². The van der Waals surface area contributed by atoms with Crippen molar-refractivity contribution in [1.29, 1.82) is 0 Å².